The Morgan fingerprint density at radius 3 is 1.82 bits per heavy atom. The maximum atomic E-state index is 10.8. The van der Waals surface area contributed by atoms with Crippen LogP contribution in [0.25, 0.3) is 0 Å². The number of hydrogen-bond donors (Lipinski definition) is 0. The van der Waals surface area contributed by atoms with Crippen molar-refractivity contribution in [2.75, 3.05) is 7.11 Å². The van der Waals surface area contributed by atoms with Crippen LogP contribution in [-0.2, 0) is 14.6 Å². The van der Waals surface area contributed by atoms with Crippen molar-refractivity contribution in [3.05, 3.63) is 30.6 Å². The molecular weight excluding hydrogens is 267 g/mol. The lowest BCUT2D eigenvalue weighted by Crippen LogP contribution is -2.38. The first kappa shape index (κ1) is 15.6. The van der Waals surface area contributed by atoms with E-state index in [4.69, 9.17) is 17.8 Å². The molecule has 98 valence electrons. The van der Waals surface area contributed by atoms with Crippen LogP contribution in [0.15, 0.2) is 30.6 Å². The summed E-state index contributed by atoms with van der Waals surface area (Å²) < 4.78 is 63.4. The van der Waals surface area contributed by atoms with Gasteiger partial charge in [-0.2, -0.15) is 4.18 Å². The Kier molecular flexibility index (Phi) is 5.85. The average molecular weight is 275 g/mol. The van der Waals surface area contributed by atoms with Gasteiger partial charge >= 0.3 is 6.36 Å². The van der Waals surface area contributed by atoms with Crippen molar-refractivity contribution in [3.63, 3.8) is 0 Å². The van der Waals surface area contributed by atoms with Gasteiger partial charge in [0, 0.05) is 16.9 Å². The van der Waals surface area contributed by atoms with E-state index in [-0.39, 0.29) is 0 Å². The van der Waals surface area contributed by atoms with Crippen LogP contribution >= 0.6 is 0 Å². The first-order chi connectivity index (χ1) is 7.64. The molecule has 6 nitrogen and oxygen atoms in total. The number of halogens is 3. The van der Waals surface area contributed by atoms with Gasteiger partial charge in [-0.1, -0.05) is 6.07 Å². The third-order valence-corrected chi connectivity index (χ3v) is 1.49. The molecule has 0 N–H and O–H groups in total. The number of rotatable bonds is 2. The smallest absolute Gasteiger partial charge is 0.536 e. The Morgan fingerprint density at radius 2 is 1.65 bits per heavy atom. The number of aromatic nitrogens is 1. The molecule has 0 aliphatic carbocycles. The number of pyridine rings is 1. The molecule has 0 aromatic carbocycles. The Bertz CT molecular complexity index is 419. The Balaban J connectivity index is 0.000000302. The lowest BCUT2D eigenvalue weighted by Gasteiger charge is -2.08. The second kappa shape index (κ2) is 6.37. The van der Waals surface area contributed by atoms with Crippen molar-refractivity contribution in [2.24, 2.45) is 0 Å². The summed E-state index contributed by atoms with van der Waals surface area (Å²) in [7, 11) is -4.03. The van der Waals surface area contributed by atoms with Crippen molar-refractivity contribution in [1.29, 1.82) is 0 Å². The summed E-state index contributed by atoms with van der Waals surface area (Å²) in [4.78, 5) is 4.83. The van der Waals surface area contributed by atoms with Crippen molar-refractivity contribution >= 4 is 10.4 Å². The highest BCUT2D eigenvalue weighted by molar-refractivity contribution is 7.80. The lowest BCUT2D eigenvalue weighted by atomic mass is 10.5. The molecule has 17 heavy (non-hydrogen) atoms. The van der Waals surface area contributed by atoms with E-state index in [0.29, 0.717) is 0 Å². The van der Waals surface area contributed by atoms with Crippen LogP contribution in [0.1, 0.15) is 0 Å². The zero-order valence-electron chi connectivity index (χ0n) is 8.42. The van der Waals surface area contributed by atoms with E-state index in [1.165, 1.54) is 0 Å². The van der Waals surface area contributed by atoms with Gasteiger partial charge in [0.15, 0.2) is 0 Å². The van der Waals surface area contributed by atoms with Crippen LogP contribution in [0.4, 0.5) is 13.2 Å². The van der Waals surface area contributed by atoms with Crippen molar-refractivity contribution < 1.29 is 39.9 Å². The average Bonchev–Trinajstić information content (AvgIpc) is 2.14. The van der Waals surface area contributed by atoms with Gasteiger partial charge in [0.05, 0.1) is 0 Å². The zero-order valence-corrected chi connectivity index (χ0v) is 9.23. The predicted molar refractivity (Wildman–Crippen MR) is 46.0 cm³/mol. The van der Waals surface area contributed by atoms with Crippen LogP contribution < -0.4 is 9.57 Å². The second-order valence-electron chi connectivity index (χ2n) is 2.36. The van der Waals surface area contributed by atoms with Gasteiger partial charge in [0.25, 0.3) is 0 Å². The summed E-state index contributed by atoms with van der Waals surface area (Å²) in [5.41, 5.74) is 0. The predicted octanol–water partition coefficient (Wildman–Crippen LogP) is 0.0155. The molecule has 0 saturated carbocycles. The van der Waals surface area contributed by atoms with E-state index in [0.717, 1.165) is 0 Å². The monoisotopic (exact) mass is 275 g/mol. The lowest BCUT2D eigenvalue weighted by molar-refractivity contribution is -0.885. The molecule has 1 aromatic heterocycles. The molecule has 0 aliphatic rings. The highest BCUT2D eigenvalue weighted by Gasteiger charge is 2.32. The van der Waals surface area contributed by atoms with E-state index < -0.39 is 16.8 Å². The molecular formula is C7H8F3NO5S. The Labute approximate surface area is 95.1 Å². The zero-order chi connectivity index (χ0) is 13.5. The molecule has 1 rings (SSSR count). The summed E-state index contributed by atoms with van der Waals surface area (Å²) in [6, 6.07) is 5.75. The first-order valence-electron chi connectivity index (χ1n) is 3.88. The number of nitrogens with zero attached hydrogens (tertiary/aromatic N) is 1. The van der Waals surface area contributed by atoms with Crippen LogP contribution in [0.3, 0.4) is 0 Å². The third-order valence-electron chi connectivity index (χ3n) is 1.10. The SMILES string of the molecule is CO[n+]1ccccc1.O=S(=O)([O-])OC(F)(F)F. The molecule has 0 unspecified atom stereocenters. The van der Waals surface area contributed by atoms with Gasteiger partial charge in [0.2, 0.25) is 22.8 Å². The summed E-state index contributed by atoms with van der Waals surface area (Å²) in [5, 5.41) is 0. The van der Waals surface area contributed by atoms with Crippen LogP contribution in [-0.4, -0.2) is 26.4 Å². The molecule has 0 radical (unpaired) electrons. The molecule has 1 aromatic rings. The molecule has 0 atom stereocenters. The summed E-state index contributed by atoms with van der Waals surface area (Å²) in [6.07, 6.45) is -1.75. The minimum absolute atomic E-state index is 1.62. The fourth-order valence-corrected chi connectivity index (χ4v) is 0.852. The maximum absolute atomic E-state index is 10.8. The van der Waals surface area contributed by atoms with Gasteiger partial charge < -0.3 is 4.55 Å². The summed E-state index contributed by atoms with van der Waals surface area (Å²) in [6.45, 7) is 0. The van der Waals surface area contributed by atoms with E-state index in [1.54, 1.807) is 11.8 Å². The van der Waals surface area contributed by atoms with Crippen molar-refractivity contribution in [3.8, 4) is 0 Å². The van der Waals surface area contributed by atoms with Gasteiger partial charge in [-0.3, -0.25) is 4.84 Å². The fraction of sp³-hybridized carbons (Fsp3) is 0.286. The number of hydrogen-bond acceptors (Lipinski definition) is 5. The third kappa shape index (κ3) is 10.9. The van der Waals surface area contributed by atoms with Gasteiger partial charge in [-0.15, -0.1) is 13.2 Å². The minimum atomic E-state index is -5.66. The minimum Gasteiger partial charge on any atom is -0.725 e. The topological polar surface area (TPSA) is 79.5 Å². The van der Waals surface area contributed by atoms with Crippen LogP contribution in [0.2, 0.25) is 0 Å². The van der Waals surface area contributed by atoms with E-state index in [1.807, 2.05) is 34.8 Å². The standard InChI is InChI=1S/C6H8NO.CHF3O4S/c1-8-7-5-3-2-4-6-7;2-1(3,4)8-9(5,6)7/h2-6H,1H3;(H,5,6,7)/q+1;/p-1. The number of alkyl halides is 3. The first-order valence-corrected chi connectivity index (χ1v) is 5.21. The van der Waals surface area contributed by atoms with Crippen molar-refractivity contribution in [1.82, 2.24) is 0 Å². The normalized spacial score (nSPS) is 11.4. The highest BCUT2D eigenvalue weighted by atomic mass is 32.3. The van der Waals surface area contributed by atoms with Crippen LogP contribution in [0.5, 0.6) is 0 Å². The molecule has 0 fully saturated rings. The van der Waals surface area contributed by atoms with Gasteiger partial charge in [0.1, 0.15) is 7.11 Å². The van der Waals surface area contributed by atoms with E-state index in [9.17, 15) is 13.2 Å². The fourth-order valence-electron chi connectivity index (χ4n) is 0.620. The highest BCUT2D eigenvalue weighted by Crippen LogP contribution is 2.17. The Hall–Kier alpha value is -1.39. The summed E-state index contributed by atoms with van der Waals surface area (Å²) in [5.74, 6) is 0. The maximum Gasteiger partial charge on any atom is 0.536 e. The molecule has 10 heteroatoms. The van der Waals surface area contributed by atoms with E-state index in [2.05, 4.69) is 0 Å². The summed E-state index contributed by atoms with van der Waals surface area (Å²) >= 11 is 0. The van der Waals surface area contributed by atoms with Gasteiger partial charge in [-0.25, -0.2) is 8.42 Å². The second-order valence-corrected chi connectivity index (χ2v) is 3.34. The largest absolute Gasteiger partial charge is 0.725 e. The van der Waals surface area contributed by atoms with Crippen LogP contribution in [0, 0.1) is 0 Å². The quantitative estimate of drug-likeness (QED) is 0.432. The molecule has 0 spiro atoms. The molecule has 0 bridgehead atoms. The Morgan fingerprint density at radius 1 is 1.18 bits per heavy atom. The van der Waals surface area contributed by atoms with Gasteiger partial charge in [-0.05, 0) is 0 Å². The molecule has 0 aliphatic heterocycles. The molecule has 0 amide bonds. The molecule has 1 heterocycles. The van der Waals surface area contributed by atoms with Crippen molar-refractivity contribution in [2.45, 2.75) is 6.36 Å². The van der Waals surface area contributed by atoms with E-state index >= 15 is 0 Å². The molecule has 0 saturated heterocycles.